The molecule has 0 aromatic heterocycles. The summed E-state index contributed by atoms with van der Waals surface area (Å²) in [6.07, 6.45) is 0. The van der Waals surface area contributed by atoms with Gasteiger partial charge in [-0.05, 0) is 24.3 Å². The molecule has 2 aromatic carbocycles. The van der Waals surface area contributed by atoms with Gasteiger partial charge in [-0.3, -0.25) is 4.79 Å². The fourth-order valence-electron chi connectivity index (χ4n) is 1.48. The van der Waals surface area contributed by atoms with Crippen molar-refractivity contribution in [3.8, 4) is 0 Å². The smallest absolute Gasteiger partial charge is 0.196 e. The Balaban J connectivity index is 2.49. The molecule has 1 nitrogen and oxygen atoms in total. The number of benzene rings is 2. The van der Waals surface area contributed by atoms with Crippen LogP contribution < -0.4 is 0 Å². The first kappa shape index (κ1) is 13.0. The number of carbonyl (C=O) groups is 1. The molecule has 0 N–H and O–H groups in total. The Kier molecular flexibility index (Phi) is 3.64. The maximum atomic E-state index is 13.6. The van der Waals surface area contributed by atoms with Crippen LogP contribution in [-0.2, 0) is 0 Å². The molecule has 2 aromatic rings. The van der Waals surface area contributed by atoms with Crippen LogP contribution in [-0.4, -0.2) is 5.78 Å². The molecule has 5 heteroatoms. The molecule has 0 aliphatic rings. The maximum Gasteiger partial charge on any atom is 0.196 e. The zero-order valence-corrected chi connectivity index (χ0v) is 10.4. The molecule has 0 heterocycles. The van der Waals surface area contributed by atoms with Crippen molar-refractivity contribution in [1.82, 2.24) is 0 Å². The first-order valence-corrected chi connectivity index (χ1v) is 5.69. The van der Waals surface area contributed by atoms with Gasteiger partial charge in [-0.1, -0.05) is 35.3 Å². The van der Waals surface area contributed by atoms with Gasteiger partial charge in [-0.15, -0.1) is 0 Å². The monoisotopic (exact) mass is 286 g/mol. The molecule has 0 saturated carbocycles. The fourth-order valence-corrected chi connectivity index (χ4v) is 1.82. The van der Waals surface area contributed by atoms with E-state index in [1.54, 1.807) is 12.1 Å². The Hall–Kier alpha value is -1.45. The summed E-state index contributed by atoms with van der Waals surface area (Å²) in [6, 6.07) is 7.54. The Morgan fingerprint density at radius 1 is 1.00 bits per heavy atom. The van der Waals surface area contributed by atoms with Crippen LogP contribution >= 0.6 is 23.2 Å². The fraction of sp³-hybridized carbons (Fsp3) is 0. The lowest BCUT2D eigenvalue weighted by molar-refractivity contribution is 0.103. The molecule has 0 unspecified atom stereocenters. The van der Waals surface area contributed by atoms with E-state index in [9.17, 15) is 13.6 Å². The van der Waals surface area contributed by atoms with Gasteiger partial charge >= 0.3 is 0 Å². The van der Waals surface area contributed by atoms with Crippen molar-refractivity contribution in [2.45, 2.75) is 0 Å². The van der Waals surface area contributed by atoms with Crippen LogP contribution in [0.15, 0.2) is 36.4 Å². The molecule has 0 aliphatic carbocycles. The molecule has 0 bridgehead atoms. The van der Waals surface area contributed by atoms with Gasteiger partial charge in [0.15, 0.2) is 5.78 Å². The first-order chi connectivity index (χ1) is 8.49. The topological polar surface area (TPSA) is 17.1 Å². The highest BCUT2D eigenvalue weighted by Crippen LogP contribution is 2.22. The lowest BCUT2D eigenvalue weighted by Crippen LogP contribution is -2.05. The van der Waals surface area contributed by atoms with Crippen molar-refractivity contribution in [2.24, 2.45) is 0 Å². The molecule has 0 amide bonds. The minimum Gasteiger partial charge on any atom is -0.288 e. The van der Waals surface area contributed by atoms with E-state index in [4.69, 9.17) is 23.2 Å². The standard InChI is InChI=1S/C13H6Cl2F2O/c14-8-3-1-2-7(4-8)13(18)9-5-12(17)10(15)6-11(9)16/h1-6H. The molecule has 0 spiro atoms. The van der Waals surface area contributed by atoms with Gasteiger partial charge in [-0.2, -0.15) is 0 Å². The quantitative estimate of drug-likeness (QED) is 0.587. The summed E-state index contributed by atoms with van der Waals surface area (Å²) in [5, 5.41) is -0.0224. The molecule has 2 rings (SSSR count). The Labute approximate surface area is 112 Å². The third-order valence-corrected chi connectivity index (χ3v) is 2.87. The predicted octanol–water partition coefficient (Wildman–Crippen LogP) is 4.50. The number of rotatable bonds is 2. The second kappa shape index (κ2) is 5.04. The van der Waals surface area contributed by atoms with Crippen molar-refractivity contribution in [1.29, 1.82) is 0 Å². The minimum absolute atomic E-state index is 0.183. The summed E-state index contributed by atoms with van der Waals surface area (Å²) < 4.78 is 26.8. The lowest BCUT2D eigenvalue weighted by Gasteiger charge is -2.04. The number of halogens is 4. The molecular weight excluding hydrogens is 281 g/mol. The van der Waals surface area contributed by atoms with Crippen molar-refractivity contribution < 1.29 is 13.6 Å². The van der Waals surface area contributed by atoms with E-state index in [0.717, 1.165) is 12.1 Å². The first-order valence-electron chi connectivity index (χ1n) is 4.94. The van der Waals surface area contributed by atoms with E-state index in [1.165, 1.54) is 12.1 Å². The molecule has 92 valence electrons. The molecule has 0 radical (unpaired) electrons. The Morgan fingerprint density at radius 2 is 1.72 bits per heavy atom. The second-order valence-corrected chi connectivity index (χ2v) is 4.43. The third kappa shape index (κ3) is 2.52. The SMILES string of the molecule is O=C(c1cccc(Cl)c1)c1cc(F)c(Cl)cc1F. The highest BCUT2D eigenvalue weighted by atomic mass is 35.5. The van der Waals surface area contributed by atoms with Crippen molar-refractivity contribution >= 4 is 29.0 Å². The van der Waals surface area contributed by atoms with E-state index >= 15 is 0 Å². The Morgan fingerprint density at radius 3 is 2.39 bits per heavy atom. The average Bonchev–Trinajstić information content (AvgIpc) is 2.33. The van der Waals surface area contributed by atoms with Crippen LogP contribution in [0.1, 0.15) is 15.9 Å². The van der Waals surface area contributed by atoms with E-state index in [0.29, 0.717) is 5.02 Å². The molecular formula is C13H6Cl2F2O. The molecule has 18 heavy (non-hydrogen) atoms. The van der Waals surface area contributed by atoms with Crippen LogP contribution in [0.5, 0.6) is 0 Å². The van der Waals surface area contributed by atoms with Gasteiger partial charge in [0.25, 0.3) is 0 Å². The van der Waals surface area contributed by atoms with Gasteiger partial charge in [0, 0.05) is 10.6 Å². The van der Waals surface area contributed by atoms with Gasteiger partial charge in [0.1, 0.15) is 11.6 Å². The van der Waals surface area contributed by atoms with Crippen molar-refractivity contribution in [3.63, 3.8) is 0 Å². The number of hydrogen-bond acceptors (Lipinski definition) is 1. The normalized spacial score (nSPS) is 10.4. The van der Waals surface area contributed by atoms with Gasteiger partial charge in [0.2, 0.25) is 0 Å². The minimum atomic E-state index is -0.869. The van der Waals surface area contributed by atoms with Crippen LogP contribution in [0.4, 0.5) is 8.78 Å². The summed E-state index contributed by atoms with van der Waals surface area (Å²) in [6.45, 7) is 0. The van der Waals surface area contributed by atoms with Crippen LogP contribution in [0.25, 0.3) is 0 Å². The van der Waals surface area contributed by atoms with Crippen LogP contribution in [0, 0.1) is 11.6 Å². The van der Waals surface area contributed by atoms with Crippen LogP contribution in [0.3, 0.4) is 0 Å². The van der Waals surface area contributed by atoms with E-state index < -0.39 is 17.4 Å². The zero-order valence-electron chi connectivity index (χ0n) is 8.88. The number of hydrogen-bond donors (Lipinski definition) is 0. The average molecular weight is 287 g/mol. The summed E-state index contributed by atoms with van der Waals surface area (Å²) in [5.74, 6) is -2.36. The highest BCUT2D eigenvalue weighted by molar-refractivity contribution is 6.31. The third-order valence-electron chi connectivity index (χ3n) is 2.34. The summed E-state index contributed by atoms with van der Waals surface area (Å²) in [7, 11) is 0. The van der Waals surface area contributed by atoms with Gasteiger partial charge in [0.05, 0.1) is 10.6 Å². The summed E-state index contributed by atoms with van der Waals surface area (Å²) >= 11 is 11.1. The molecule has 0 fully saturated rings. The number of ketones is 1. The summed E-state index contributed by atoms with van der Waals surface area (Å²) in [5.41, 5.74) is -0.192. The van der Waals surface area contributed by atoms with Gasteiger partial charge < -0.3 is 0 Å². The van der Waals surface area contributed by atoms with Crippen LogP contribution in [0.2, 0.25) is 10.0 Å². The molecule has 0 aliphatic heterocycles. The predicted molar refractivity (Wildman–Crippen MR) is 66.3 cm³/mol. The lowest BCUT2D eigenvalue weighted by atomic mass is 10.0. The van der Waals surface area contributed by atoms with E-state index in [-0.39, 0.29) is 16.1 Å². The molecule has 0 atom stereocenters. The largest absolute Gasteiger partial charge is 0.288 e. The van der Waals surface area contributed by atoms with E-state index in [2.05, 4.69) is 0 Å². The zero-order chi connectivity index (χ0) is 13.3. The summed E-state index contributed by atoms with van der Waals surface area (Å²) in [4.78, 5) is 12.0. The number of carbonyl (C=O) groups excluding carboxylic acids is 1. The second-order valence-electron chi connectivity index (χ2n) is 3.59. The van der Waals surface area contributed by atoms with Crippen molar-refractivity contribution in [2.75, 3.05) is 0 Å². The van der Waals surface area contributed by atoms with Gasteiger partial charge in [-0.25, -0.2) is 8.78 Å². The highest BCUT2D eigenvalue weighted by Gasteiger charge is 2.17. The molecule has 0 saturated heterocycles. The Bertz CT molecular complexity index is 626. The van der Waals surface area contributed by atoms with Crippen molar-refractivity contribution in [3.05, 3.63) is 69.2 Å². The van der Waals surface area contributed by atoms with E-state index in [1.807, 2.05) is 0 Å². The maximum absolute atomic E-state index is 13.6.